The lowest BCUT2D eigenvalue weighted by atomic mass is 10.0. The lowest BCUT2D eigenvalue weighted by molar-refractivity contribution is 0.0208. The van der Waals surface area contributed by atoms with Gasteiger partial charge in [0.05, 0.1) is 19.3 Å². The van der Waals surface area contributed by atoms with Crippen LogP contribution in [0.1, 0.15) is 17.3 Å². The monoisotopic (exact) mass is 262 g/mol. The van der Waals surface area contributed by atoms with Gasteiger partial charge in [0.2, 0.25) is 0 Å². The van der Waals surface area contributed by atoms with E-state index >= 15 is 0 Å². The minimum Gasteiger partial charge on any atom is -0.379 e. The zero-order valence-corrected chi connectivity index (χ0v) is 11.9. The highest BCUT2D eigenvalue weighted by Crippen LogP contribution is 2.15. The summed E-state index contributed by atoms with van der Waals surface area (Å²) in [6.07, 6.45) is 0. The van der Waals surface area contributed by atoms with Crippen molar-refractivity contribution in [1.29, 1.82) is 0 Å². The van der Waals surface area contributed by atoms with Crippen LogP contribution in [0.2, 0.25) is 0 Å². The van der Waals surface area contributed by atoms with E-state index < -0.39 is 0 Å². The van der Waals surface area contributed by atoms with Crippen LogP contribution in [0.15, 0.2) is 24.3 Å². The topological polar surface area (TPSA) is 32.8 Å². The van der Waals surface area contributed by atoms with Crippen LogP contribution >= 0.6 is 0 Å². The molecule has 0 spiro atoms. The van der Waals surface area contributed by atoms with E-state index in [1.165, 1.54) is 0 Å². The second kappa shape index (κ2) is 6.17. The number of morpholine rings is 1. The molecule has 1 aromatic carbocycles. The first-order valence-corrected chi connectivity index (χ1v) is 6.73. The van der Waals surface area contributed by atoms with Gasteiger partial charge in [-0.3, -0.25) is 9.69 Å². The predicted molar refractivity (Wildman–Crippen MR) is 77.0 cm³/mol. The summed E-state index contributed by atoms with van der Waals surface area (Å²) < 4.78 is 5.32. The van der Waals surface area contributed by atoms with Crippen LogP contribution in [0.25, 0.3) is 0 Å². The molecular weight excluding hydrogens is 240 g/mol. The van der Waals surface area contributed by atoms with Crippen LogP contribution in [0, 0.1) is 0 Å². The Hall–Kier alpha value is -1.39. The molecule has 4 nitrogen and oxygen atoms in total. The van der Waals surface area contributed by atoms with Gasteiger partial charge in [-0.1, -0.05) is 0 Å². The van der Waals surface area contributed by atoms with Crippen molar-refractivity contribution in [2.75, 3.05) is 45.3 Å². The average Bonchev–Trinajstić information content (AvgIpc) is 2.46. The molecule has 0 aliphatic carbocycles. The Morgan fingerprint density at radius 3 is 2.32 bits per heavy atom. The molecule has 4 heteroatoms. The number of ketones is 1. The number of rotatable bonds is 4. The fourth-order valence-corrected chi connectivity index (χ4v) is 2.30. The molecule has 2 rings (SSSR count). The average molecular weight is 262 g/mol. The summed E-state index contributed by atoms with van der Waals surface area (Å²) >= 11 is 0. The first kappa shape index (κ1) is 14.0. The Kier molecular flexibility index (Phi) is 4.56. The number of benzene rings is 1. The van der Waals surface area contributed by atoms with E-state index in [2.05, 4.69) is 4.90 Å². The van der Waals surface area contributed by atoms with E-state index in [1.54, 1.807) is 0 Å². The first-order valence-electron chi connectivity index (χ1n) is 6.73. The lowest BCUT2D eigenvalue weighted by Gasteiger charge is -2.31. The van der Waals surface area contributed by atoms with Gasteiger partial charge in [0.1, 0.15) is 0 Å². The smallest absolute Gasteiger partial charge is 0.179 e. The fraction of sp³-hybridized carbons (Fsp3) is 0.533. The maximum absolute atomic E-state index is 12.4. The molecule has 1 fully saturated rings. The van der Waals surface area contributed by atoms with Crippen molar-refractivity contribution in [2.45, 2.75) is 13.0 Å². The lowest BCUT2D eigenvalue weighted by Crippen LogP contribution is -2.45. The summed E-state index contributed by atoms with van der Waals surface area (Å²) in [5, 5.41) is 0. The number of hydrogen-bond donors (Lipinski definition) is 0. The molecule has 0 saturated carbocycles. The molecular formula is C15H22N2O2. The van der Waals surface area contributed by atoms with Crippen LogP contribution in [0.3, 0.4) is 0 Å². The van der Waals surface area contributed by atoms with Gasteiger partial charge in [-0.2, -0.15) is 0 Å². The van der Waals surface area contributed by atoms with Gasteiger partial charge >= 0.3 is 0 Å². The van der Waals surface area contributed by atoms with Crippen molar-refractivity contribution in [3.05, 3.63) is 29.8 Å². The number of carbonyl (C=O) groups is 1. The van der Waals surface area contributed by atoms with Gasteiger partial charge in [-0.25, -0.2) is 0 Å². The van der Waals surface area contributed by atoms with Crippen molar-refractivity contribution >= 4 is 11.5 Å². The Bertz CT molecular complexity index is 422. The predicted octanol–water partition coefficient (Wildman–Crippen LogP) is 1.66. The van der Waals surface area contributed by atoms with Gasteiger partial charge in [0.15, 0.2) is 5.78 Å². The van der Waals surface area contributed by atoms with Gasteiger partial charge in [0, 0.05) is 38.4 Å². The summed E-state index contributed by atoms with van der Waals surface area (Å²) in [7, 11) is 3.99. The maximum Gasteiger partial charge on any atom is 0.179 e. The number of Topliss-reactive ketones (excluding diaryl/α,β-unsaturated/α-hetero) is 1. The van der Waals surface area contributed by atoms with E-state index in [9.17, 15) is 4.79 Å². The van der Waals surface area contributed by atoms with Crippen LogP contribution in [0.4, 0.5) is 5.69 Å². The first-order chi connectivity index (χ1) is 9.09. The van der Waals surface area contributed by atoms with E-state index in [1.807, 2.05) is 50.2 Å². The van der Waals surface area contributed by atoms with Crippen LogP contribution < -0.4 is 4.90 Å². The highest BCUT2D eigenvalue weighted by Gasteiger charge is 2.23. The third-order valence-electron chi connectivity index (χ3n) is 3.64. The van der Waals surface area contributed by atoms with E-state index in [4.69, 9.17) is 4.74 Å². The Morgan fingerprint density at radius 1 is 1.21 bits per heavy atom. The summed E-state index contributed by atoms with van der Waals surface area (Å²) in [5.41, 5.74) is 1.89. The van der Waals surface area contributed by atoms with Crippen molar-refractivity contribution in [3.63, 3.8) is 0 Å². The number of hydrogen-bond acceptors (Lipinski definition) is 4. The molecule has 104 valence electrons. The Labute approximate surface area is 115 Å². The summed E-state index contributed by atoms with van der Waals surface area (Å²) in [6.45, 7) is 5.09. The molecule has 1 aliphatic heterocycles. The highest BCUT2D eigenvalue weighted by molar-refractivity contribution is 6.00. The molecule has 0 aromatic heterocycles. The molecule has 1 heterocycles. The van der Waals surface area contributed by atoms with E-state index in [0.717, 1.165) is 37.6 Å². The van der Waals surface area contributed by atoms with E-state index in [0.29, 0.717) is 0 Å². The Balaban J connectivity index is 2.05. The zero-order chi connectivity index (χ0) is 13.8. The summed E-state index contributed by atoms with van der Waals surface area (Å²) in [6, 6.07) is 7.72. The number of anilines is 1. The Morgan fingerprint density at radius 2 is 1.79 bits per heavy atom. The van der Waals surface area contributed by atoms with Crippen molar-refractivity contribution < 1.29 is 9.53 Å². The molecule has 1 aromatic rings. The van der Waals surface area contributed by atoms with Crippen molar-refractivity contribution in [1.82, 2.24) is 4.90 Å². The molecule has 1 saturated heterocycles. The second-order valence-electron chi connectivity index (χ2n) is 5.13. The number of nitrogens with zero attached hydrogens (tertiary/aromatic N) is 2. The molecule has 0 N–H and O–H groups in total. The quantitative estimate of drug-likeness (QED) is 0.773. The standard InChI is InChI=1S/C15H22N2O2/c1-12(17-8-10-19-11-9-17)15(18)13-4-6-14(7-5-13)16(2)3/h4-7,12H,8-11H2,1-3H3. The van der Waals surface area contributed by atoms with Crippen LogP contribution in [-0.4, -0.2) is 57.1 Å². The molecule has 19 heavy (non-hydrogen) atoms. The highest BCUT2D eigenvalue weighted by atomic mass is 16.5. The minimum absolute atomic E-state index is 0.0749. The number of carbonyl (C=O) groups excluding carboxylic acids is 1. The number of ether oxygens (including phenoxy) is 1. The van der Waals surface area contributed by atoms with Gasteiger partial charge < -0.3 is 9.64 Å². The third kappa shape index (κ3) is 3.33. The third-order valence-corrected chi connectivity index (χ3v) is 3.64. The van der Waals surface area contributed by atoms with Crippen LogP contribution in [0.5, 0.6) is 0 Å². The second-order valence-corrected chi connectivity index (χ2v) is 5.13. The fourth-order valence-electron chi connectivity index (χ4n) is 2.30. The molecule has 0 radical (unpaired) electrons. The molecule has 0 amide bonds. The minimum atomic E-state index is -0.0749. The van der Waals surface area contributed by atoms with Gasteiger partial charge in [-0.15, -0.1) is 0 Å². The molecule has 1 atom stereocenters. The molecule has 1 unspecified atom stereocenters. The normalized spacial score (nSPS) is 18.1. The summed E-state index contributed by atoms with van der Waals surface area (Å²) in [4.78, 5) is 16.6. The van der Waals surface area contributed by atoms with Gasteiger partial charge in [0.25, 0.3) is 0 Å². The van der Waals surface area contributed by atoms with Crippen molar-refractivity contribution in [2.24, 2.45) is 0 Å². The molecule has 0 bridgehead atoms. The maximum atomic E-state index is 12.4. The van der Waals surface area contributed by atoms with Crippen molar-refractivity contribution in [3.8, 4) is 0 Å². The van der Waals surface area contributed by atoms with Crippen LogP contribution in [-0.2, 0) is 4.74 Å². The molecule has 1 aliphatic rings. The van der Waals surface area contributed by atoms with E-state index in [-0.39, 0.29) is 11.8 Å². The SMILES string of the molecule is CC(C(=O)c1ccc(N(C)C)cc1)N1CCOCC1. The summed E-state index contributed by atoms with van der Waals surface area (Å²) in [5.74, 6) is 0.187. The largest absolute Gasteiger partial charge is 0.379 e. The zero-order valence-electron chi connectivity index (χ0n) is 11.9. The van der Waals surface area contributed by atoms with Gasteiger partial charge in [-0.05, 0) is 31.2 Å².